The van der Waals surface area contributed by atoms with E-state index in [4.69, 9.17) is 16.3 Å². The van der Waals surface area contributed by atoms with Gasteiger partial charge in [0.2, 0.25) is 5.78 Å². The Kier molecular flexibility index (Phi) is 3.64. The average Bonchev–Trinajstić information content (AvgIpc) is 3.05. The second kappa shape index (κ2) is 6.08. The first kappa shape index (κ1) is 16.8. The lowest BCUT2D eigenvalue weighted by molar-refractivity contribution is 0.107. The molecule has 0 spiro atoms. The third kappa shape index (κ3) is 2.25. The Labute approximate surface area is 165 Å². The van der Waals surface area contributed by atoms with Crippen LogP contribution in [0.2, 0.25) is 5.02 Å². The zero-order valence-electron chi connectivity index (χ0n) is 14.9. The first-order chi connectivity index (χ1) is 13.6. The number of phenolic OH excluding ortho intramolecular Hbond substituents is 1. The number of Topliss-reactive ketones (excluding diaryl/α,β-unsaturated/α-hetero) is 1. The molecule has 1 aliphatic heterocycles. The second-order valence-electron chi connectivity index (χ2n) is 6.62. The predicted molar refractivity (Wildman–Crippen MR) is 112 cm³/mol. The van der Waals surface area contributed by atoms with Crippen molar-refractivity contribution in [2.75, 3.05) is 7.11 Å². The number of carbonyl (C=O) groups is 1. The zero-order valence-corrected chi connectivity index (χ0v) is 15.6. The molecule has 5 heteroatoms. The van der Waals surface area contributed by atoms with Crippen molar-refractivity contribution in [1.29, 1.82) is 0 Å². The van der Waals surface area contributed by atoms with Crippen molar-refractivity contribution in [2.45, 2.75) is 0 Å². The molecule has 0 atom stereocenters. The van der Waals surface area contributed by atoms with Gasteiger partial charge >= 0.3 is 0 Å². The summed E-state index contributed by atoms with van der Waals surface area (Å²) in [4.78, 5) is 17.7. The summed E-state index contributed by atoms with van der Waals surface area (Å²) in [5, 5.41) is 14.4. The molecule has 0 radical (unpaired) electrons. The maximum Gasteiger partial charge on any atom is 0.214 e. The van der Waals surface area contributed by atoms with Gasteiger partial charge in [-0.1, -0.05) is 60.1 Å². The Bertz CT molecular complexity index is 1340. The van der Waals surface area contributed by atoms with E-state index in [1.54, 1.807) is 25.3 Å². The summed E-state index contributed by atoms with van der Waals surface area (Å²) in [6.07, 6.45) is 0. The standard InChI is InChI=1S/C23H14ClNO3/c1-28-18-11-17(22(26)15-9-5-4-8-14(15)18)21-23(27)16-10-12-6-2-3-7-13(12)19(24)20(16)25-21/h2-11,26H,1H3. The molecule has 0 bridgehead atoms. The zero-order chi connectivity index (χ0) is 19.4. The van der Waals surface area contributed by atoms with Crippen molar-refractivity contribution in [2.24, 2.45) is 4.99 Å². The summed E-state index contributed by atoms with van der Waals surface area (Å²) in [7, 11) is 1.55. The smallest absolute Gasteiger partial charge is 0.214 e. The van der Waals surface area contributed by atoms with Crippen LogP contribution in [0.1, 0.15) is 15.9 Å². The molecule has 0 amide bonds. The number of carbonyl (C=O) groups excluding carboxylic acids is 1. The van der Waals surface area contributed by atoms with Crippen LogP contribution in [0.3, 0.4) is 0 Å². The van der Waals surface area contributed by atoms with Crippen LogP contribution in [-0.2, 0) is 0 Å². The topological polar surface area (TPSA) is 58.9 Å². The minimum absolute atomic E-state index is 0.00279. The molecular weight excluding hydrogens is 374 g/mol. The lowest BCUT2D eigenvalue weighted by Crippen LogP contribution is -2.11. The van der Waals surface area contributed by atoms with Crippen LogP contribution in [0, 0.1) is 0 Å². The van der Waals surface area contributed by atoms with Gasteiger partial charge in [0.25, 0.3) is 0 Å². The van der Waals surface area contributed by atoms with Crippen molar-refractivity contribution < 1.29 is 14.6 Å². The van der Waals surface area contributed by atoms with Gasteiger partial charge in [0, 0.05) is 16.2 Å². The lowest BCUT2D eigenvalue weighted by atomic mass is 9.96. The fraction of sp³-hybridized carbons (Fsp3) is 0.0435. The highest BCUT2D eigenvalue weighted by Gasteiger charge is 2.31. The van der Waals surface area contributed by atoms with E-state index >= 15 is 0 Å². The summed E-state index contributed by atoms with van der Waals surface area (Å²) in [6, 6.07) is 18.4. The molecule has 0 saturated carbocycles. The van der Waals surface area contributed by atoms with Crippen LogP contribution in [0.15, 0.2) is 65.7 Å². The summed E-state index contributed by atoms with van der Waals surface area (Å²) in [5.74, 6) is 0.290. The normalized spacial score (nSPS) is 13.1. The van der Waals surface area contributed by atoms with E-state index in [1.807, 2.05) is 42.5 Å². The van der Waals surface area contributed by atoms with Gasteiger partial charge < -0.3 is 9.84 Å². The summed E-state index contributed by atoms with van der Waals surface area (Å²) in [5.41, 5.74) is 1.36. The molecule has 5 rings (SSSR count). The average molecular weight is 388 g/mol. The maximum absolute atomic E-state index is 13.1. The Hall–Kier alpha value is -3.37. The van der Waals surface area contributed by atoms with E-state index in [2.05, 4.69) is 4.99 Å². The van der Waals surface area contributed by atoms with E-state index in [9.17, 15) is 9.90 Å². The number of hydrogen-bond acceptors (Lipinski definition) is 4. The Morgan fingerprint density at radius 2 is 1.61 bits per heavy atom. The van der Waals surface area contributed by atoms with Crippen LogP contribution < -0.4 is 4.74 Å². The number of ketones is 1. The van der Waals surface area contributed by atoms with E-state index < -0.39 is 0 Å². The van der Waals surface area contributed by atoms with Crippen molar-refractivity contribution in [3.63, 3.8) is 0 Å². The minimum atomic E-state index is -0.268. The largest absolute Gasteiger partial charge is 0.507 e. The van der Waals surface area contributed by atoms with Gasteiger partial charge in [-0.05, 0) is 17.5 Å². The van der Waals surface area contributed by atoms with E-state index in [0.29, 0.717) is 33.0 Å². The number of nitrogens with zero attached hydrogens (tertiary/aromatic N) is 1. The van der Waals surface area contributed by atoms with Gasteiger partial charge in [-0.3, -0.25) is 4.79 Å². The number of rotatable bonds is 2. The molecule has 1 aliphatic rings. The minimum Gasteiger partial charge on any atom is -0.507 e. The second-order valence-corrected chi connectivity index (χ2v) is 7.00. The quantitative estimate of drug-likeness (QED) is 0.481. The van der Waals surface area contributed by atoms with Crippen molar-refractivity contribution in [3.8, 4) is 11.5 Å². The highest BCUT2D eigenvalue weighted by Crippen LogP contribution is 2.43. The number of ether oxygens (including phenoxy) is 1. The van der Waals surface area contributed by atoms with Crippen molar-refractivity contribution in [1.82, 2.24) is 0 Å². The third-order valence-corrected chi connectivity index (χ3v) is 5.48. The summed E-state index contributed by atoms with van der Waals surface area (Å²) in [6.45, 7) is 0. The molecule has 0 saturated heterocycles. The van der Waals surface area contributed by atoms with Crippen LogP contribution in [0.5, 0.6) is 11.5 Å². The van der Waals surface area contributed by atoms with Crippen LogP contribution in [-0.4, -0.2) is 23.7 Å². The third-order valence-electron chi connectivity index (χ3n) is 5.10. The highest BCUT2D eigenvalue weighted by molar-refractivity contribution is 6.57. The Morgan fingerprint density at radius 3 is 2.36 bits per heavy atom. The fourth-order valence-electron chi connectivity index (χ4n) is 3.72. The number of halogens is 1. The molecule has 0 unspecified atom stereocenters. The lowest BCUT2D eigenvalue weighted by Gasteiger charge is -2.11. The number of aliphatic imine (C=N–C) groups is 1. The first-order valence-electron chi connectivity index (χ1n) is 8.74. The number of aromatic hydroxyl groups is 1. The molecule has 136 valence electrons. The molecule has 4 aromatic carbocycles. The molecular formula is C23H14ClNO3. The van der Waals surface area contributed by atoms with Crippen LogP contribution in [0.25, 0.3) is 21.5 Å². The summed E-state index contributed by atoms with van der Waals surface area (Å²) < 4.78 is 5.48. The molecule has 1 heterocycles. The van der Waals surface area contributed by atoms with Crippen LogP contribution in [0.4, 0.5) is 5.69 Å². The van der Waals surface area contributed by atoms with Crippen LogP contribution >= 0.6 is 11.6 Å². The molecule has 4 nitrogen and oxygen atoms in total. The number of benzene rings is 4. The van der Waals surface area contributed by atoms with Gasteiger partial charge in [-0.15, -0.1) is 0 Å². The number of methoxy groups -OCH3 is 1. The van der Waals surface area contributed by atoms with Gasteiger partial charge in [0.1, 0.15) is 17.2 Å². The number of phenols is 1. The molecule has 4 aromatic rings. The van der Waals surface area contributed by atoms with E-state index in [0.717, 1.165) is 16.2 Å². The first-order valence-corrected chi connectivity index (χ1v) is 9.11. The van der Waals surface area contributed by atoms with Gasteiger partial charge in [0.05, 0.1) is 28.9 Å². The predicted octanol–water partition coefficient (Wildman–Crippen LogP) is 5.68. The van der Waals surface area contributed by atoms with Gasteiger partial charge in [-0.25, -0.2) is 4.99 Å². The van der Waals surface area contributed by atoms with Crippen molar-refractivity contribution in [3.05, 3.63) is 76.8 Å². The van der Waals surface area contributed by atoms with Gasteiger partial charge in [0.15, 0.2) is 0 Å². The molecule has 0 aromatic heterocycles. The van der Waals surface area contributed by atoms with E-state index in [-0.39, 0.29) is 17.2 Å². The molecule has 0 aliphatic carbocycles. The maximum atomic E-state index is 13.1. The highest BCUT2D eigenvalue weighted by atomic mass is 35.5. The van der Waals surface area contributed by atoms with Gasteiger partial charge in [-0.2, -0.15) is 0 Å². The Balaban J connectivity index is 1.77. The molecule has 28 heavy (non-hydrogen) atoms. The summed E-state index contributed by atoms with van der Waals surface area (Å²) >= 11 is 6.55. The SMILES string of the molecule is COc1cc(C2=Nc3c(cc4ccccc4c3Cl)C2=O)c(O)c2ccccc12. The molecule has 1 N–H and O–H groups in total. The number of fused-ring (bicyclic) bond motifs is 3. The van der Waals surface area contributed by atoms with Crippen molar-refractivity contribution >= 4 is 50.3 Å². The van der Waals surface area contributed by atoms with E-state index in [1.165, 1.54) is 0 Å². The fourth-order valence-corrected chi connectivity index (χ4v) is 4.04. The monoisotopic (exact) mass is 387 g/mol. The molecule has 0 fully saturated rings. The Morgan fingerprint density at radius 1 is 0.929 bits per heavy atom. The number of hydrogen-bond donors (Lipinski definition) is 1.